The molecule has 0 spiro atoms. The Kier molecular flexibility index (Phi) is 11.2. The summed E-state index contributed by atoms with van der Waals surface area (Å²) >= 11 is 0. The smallest absolute Gasteiger partial charge is 0.314 e. The molecule has 2 aromatic carbocycles. The third kappa shape index (κ3) is 7.88. The van der Waals surface area contributed by atoms with Crippen LogP contribution in [0.4, 0.5) is 0 Å². The number of rotatable bonds is 14. The third-order valence-electron chi connectivity index (χ3n) is 12.2. The maximum atomic E-state index is 13.2. The van der Waals surface area contributed by atoms with Crippen LogP contribution < -0.4 is 16.2 Å². The molecule has 5 heterocycles. The zero-order chi connectivity index (χ0) is 37.0. The van der Waals surface area contributed by atoms with E-state index >= 15 is 0 Å². The van der Waals surface area contributed by atoms with Crippen LogP contribution in [-0.2, 0) is 23.2 Å². The van der Waals surface area contributed by atoms with Gasteiger partial charge in [-0.05, 0) is 117 Å². The summed E-state index contributed by atoms with van der Waals surface area (Å²) in [5.41, 5.74) is 3.02. The Bertz CT molecular complexity index is 1970. The standard InChI is InChI=1S/C42H51N5O6/c48-36-14-12-32(33-13-15-38(50)46-39(33)36)37(49)25-43-24-31-11-10-29(23-45-31)40(51)44-19-4-2-6-27-7-5-8-30(22-27)42(41(52)53)18-3-1-9-35(42)34-26-47-20-16-28(34)17-21-47/h5,7-8,10-15,22-23,28,34-35,37,43,48-49H,1-4,6,9,16-21,24-26H2,(H,44,51)(H,46,50)(H,52,53)/t34?,35?,37-,42?/m0/s1. The molecule has 280 valence electrons. The molecule has 2 bridgehead atoms. The first-order valence-corrected chi connectivity index (χ1v) is 19.2. The normalized spacial score (nSPS) is 24.5. The number of carbonyl (C=O) groups excluding carboxylic acids is 1. The lowest BCUT2D eigenvalue weighted by Crippen LogP contribution is -2.56. The van der Waals surface area contributed by atoms with Crippen LogP contribution in [0.15, 0.2) is 71.7 Å². The molecule has 2 aromatic heterocycles. The van der Waals surface area contributed by atoms with Gasteiger partial charge in [-0.1, -0.05) is 43.2 Å². The number of nitrogens with one attached hydrogen (secondary N) is 3. The van der Waals surface area contributed by atoms with Crippen LogP contribution in [0.3, 0.4) is 0 Å². The van der Waals surface area contributed by atoms with Crippen LogP contribution >= 0.6 is 0 Å². The number of aliphatic hydroxyl groups is 1. The topological polar surface area (TPSA) is 168 Å². The van der Waals surface area contributed by atoms with Crippen LogP contribution in [0.2, 0.25) is 0 Å². The van der Waals surface area contributed by atoms with Gasteiger partial charge in [0.25, 0.3) is 5.91 Å². The predicted octanol–water partition coefficient (Wildman–Crippen LogP) is 5.06. The maximum Gasteiger partial charge on any atom is 0.314 e. The van der Waals surface area contributed by atoms with E-state index in [0.717, 1.165) is 69.3 Å². The average Bonchev–Trinajstić information content (AvgIpc) is 3.18. The van der Waals surface area contributed by atoms with Gasteiger partial charge in [0.2, 0.25) is 5.56 Å². The summed E-state index contributed by atoms with van der Waals surface area (Å²) in [4.78, 5) is 47.3. The number of H-pyrrole nitrogens is 1. The number of carboxylic acids is 1. The molecular formula is C42H51N5O6. The van der Waals surface area contributed by atoms with Crippen molar-refractivity contribution in [1.82, 2.24) is 25.5 Å². The first-order chi connectivity index (χ1) is 25.7. The van der Waals surface area contributed by atoms with Crippen LogP contribution in [-0.4, -0.2) is 74.8 Å². The lowest BCUT2D eigenvalue weighted by atomic mass is 9.55. The van der Waals surface area contributed by atoms with Gasteiger partial charge in [0, 0.05) is 43.8 Å². The number of carbonyl (C=O) groups is 2. The van der Waals surface area contributed by atoms with E-state index in [-0.39, 0.29) is 35.2 Å². The maximum absolute atomic E-state index is 13.2. The number of aryl methyl sites for hydroxylation is 1. The fourth-order valence-electron chi connectivity index (χ4n) is 9.42. The van der Waals surface area contributed by atoms with Crippen molar-refractivity contribution in [2.45, 2.75) is 75.9 Å². The van der Waals surface area contributed by atoms with Gasteiger partial charge in [0.15, 0.2) is 0 Å². The second-order valence-corrected chi connectivity index (χ2v) is 15.3. The molecule has 3 aliphatic heterocycles. The first kappa shape index (κ1) is 36.8. The van der Waals surface area contributed by atoms with Crippen LogP contribution in [0, 0.1) is 17.8 Å². The second-order valence-electron chi connectivity index (χ2n) is 15.3. The number of aliphatic carboxylic acids is 1. The predicted molar refractivity (Wildman–Crippen MR) is 203 cm³/mol. The number of benzene rings is 2. The first-order valence-electron chi connectivity index (χ1n) is 19.2. The van der Waals surface area contributed by atoms with E-state index in [9.17, 15) is 29.7 Å². The summed E-state index contributed by atoms with van der Waals surface area (Å²) in [6, 6.07) is 17.9. The molecule has 11 heteroatoms. The molecule has 53 heavy (non-hydrogen) atoms. The highest BCUT2D eigenvalue weighted by molar-refractivity contribution is 5.93. The molecular weight excluding hydrogens is 670 g/mol. The van der Waals surface area contributed by atoms with Gasteiger partial charge >= 0.3 is 5.97 Å². The zero-order valence-electron chi connectivity index (χ0n) is 30.2. The summed E-state index contributed by atoms with van der Waals surface area (Å²) in [6.07, 6.45) is 9.34. The molecule has 4 atom stereocenters. The van der Waals surface area contributed by atoms with E-state index in [4.69, 9.17) is 0 Å². The monoisotopic (exact) mass is 721 g/mol. The number of fused-ring (bicyclic) bond motifs is 4. The molecule has 6 N–H and O–H groups in total. The van der Waals surface area contributed by atoms with Crippen molar-refractivity contribution < 1.29 is 24.9 Å². The highest BCUT2D eigenvalue weighted by Gasteiger charge is 2.54. The van der Waals surface area contributed by atoms with E-state index < -0.39 is 17.5 Å². The Morgan fingerprint density at radius 3 is 2.62 bits per heavy atom. The number of piperidine rings is 3. The molecule has 1 aliphatic carbocycles. The van der Waals surface area contributed by atoms with E-state index in [1.807, 2.05) is 6.07 Å². The van der Waals surface area contributed by atoms with Gasteiger partial charge in [-0.15, -0.1) is 0 Å². The van der Waals surface area contributed by atoms with Crippen molar-refractivity contribution in [2.24, 2.45) is 17.8 Å². The fourth-order valence-corrected chi connectivity index (χ4v) is 9.42. The van der Waals surface area contributed by atoms with Crippen molar-refractivity contribution >= 4 is 22.8 Å². The largest absolute Gasteiger partial charge is 0.506 e. The number of hydrogen-bond donors (Lipinski definition) is 6. The molecule has 1 amide bonds. The average molecular weight is 722 g/mol. The number of aromatic hydroxyl groups is 1. The minimum atomic E-state index is -0.886. The van der Waals surface area contributed by atoms with Gasteiger partial charge in [0.05, 0.1) is 28.3 Å². The van der Waals surface area contributed by atoms with Crippen molar-refractivity contribution in [3.05, 3.63) is 105 Å². The molecule has 1 saturated carbocycles. The number of nitrogens with zero attached hydrogens (tertiary/aromatic N) is 2. The Labute approximate surface area is 309 Å². The molecule has 4 aliphatic rings. The molecule has 0 radical (unpaired) electrons. The zero-order valence-corrected chi connectivity index (χ0v) is 30.2. The van der Waals surface area contributed by atoms with Crippen molar-refractivity contribution in [2.75, 3.05) is 32.7 Å². The number of phenolic OH excluding ortho intramolecular Hbond substituents is 1. The number of unbranched alkanes of at least 4 members (excludes halogenated alkanes) is 1. The lowest BCUT2D eigenvalue weighted by Gasteiger charge is -2.53. The minimum Gasteiger partial charge on any atom is -0.506 e. The number of aromatic nitrogens is 2. The summed E-state index contributed by atoms with van der Waals surface area (Å²) in [5, 5.41) is 38.5. The van der Waals surface area contributed by atoms with Gasteiger partial charge in [0.1, 0.15) is 5.75 Å². The van der Waals surface area contributed by atoms with Gasteiger partial charge in [-0.2, -0.15) is 0 Å². The summed E-state index contributed by atoms with van der Waals surface area (Å²) < 4.78 is 0. The molecule has 3 saturated heterocycles. The van der Waals surface area contributed by atoms with E-state index in [1.54, 1.807) is 30.5 Å². The highest BCUT2D eigenvalue weighted by Crippen LogP contribution is 2.52. The number of aromatic amines is 1. The Hall–Kier alpha value is -4.58. The van der Waals surface area contributed by atoms with Crippen LogP contribution in [0.5, 0.6) is 5.75 Å². The second kappa shape index (κ2) is 16.2. The van der Waals surface area contributed by atoms with Gasteiger partial charge in [-0.25, -0.2) is 0 Å². The molecule has 8 rings (SSSR count). The quantitative estimate of drug-likeness (QED) is 0.0976. The van der Waals surface area contributed by atoms with Crippen LogP contribution in [0.25, 0.3) is 10.9 Å². The SMILES string of the molecule is O=C(NCCCCc1cccc(C2(C(=O)O)CCCCC2C2CN3CCC2CC3)c1)c1ccc(CNC[C@H](O)c2ccc(O)c3[nH]c(=O)ccc23)nc1. The Morgan fingerprint density at radius 1 is 1.02 bits per heavy atom. The highest BCUT2D eigenvalue weighted by atomic mass is 16.4. The van der Waals surface area contributed by atoms with E-state index in [1.165, 1.54) is 25.0 Å². The van der Waals surface area contributed by atoms with Gasteiger partial charge < -0.3 is 35.8 Å². The number of aliphatic hydroxyl groups excluding tert-OH is 1. The molecule has 3 unspecified atom stereocenters. The Morgan fingerprint density at radius 2 is 1.87 bits per heavy atom. The number of pyridine rings is 2. The summed E-state index contributed by atoms with van der Waals surface area (Å²) in [7, 11) is 0. The summed E-state index contributed by atoms with van der Waals surface area (Å²) in [6.45, 7) is 4.49. The lowest BCUT2D eigenvalue weighted by molar-refractivity contribution is -0.151. The third-order valence-corrected chi connectivity index (χ3v) is 12.2. The Balaban J connectivity index is 0.874. The van der Waals surface area contributed by atoms with E-state index in [2.05, 4.69) is 43.7 Å². The van der Waals surface area contributed by atoms with E-state index in [0.29, 0.717) is 53.6 Å². The number of carboxylic acid groups (broad SMARTS) is 1. The van der Waals surface area contributed by atoms with Crippen molar-refractivity contribution in [3.8, 4) is 5.75 Å². The number of phenols is 1. The molecule has 4 aromatic rings. The number of amides is 1. The summed E-state index contributed by atoms with van der Waals surface area (Å²) in [5.74, 6) is 0.370. The van der Waals surface area contributed by atoms with Gasteiger partial charge in [-0.3, -0.25) is 19.4 Å². The molecule has 11 nitrogen and oxygen atoms in total. The van der Waals surface area contributed by atoms with Crippen molar-refractivity contribution in [1.29, 1.82) is 0 Å². The number of hydrogen-bond acceptors (Lipinski definition) is 8. The fraction of sp³-hybridized carbons (Fsp3) is 0.476. The molecule has 4 fully saturated rings. The van der Waals surface area contributed by atoms with Crippen LogP contribution in [0.1, 0.15) is 90.2 Å². The van der Waals surface area contributed by atoms with Crippen molar-refractivity contribution in [3.63, 3.8) is 0 Å². The minimum absolute atomic E-state index is 0.0605.